The molecule has 0 aliphatic rings. The lowest BCUT2D eigenvalue weighted by Crippen LogP contribution is -2.32. The maximum atomic E-state index is 11.5. The van der Waals surface area contributed by atoms with E-state index in [2.05, 4.69) is 21.9 Å². The first kappa shape index (κ1) is 18.4. The third-order valence-corrected chi connectivity index (χ3v) is 2.53. The van der Waals surface area contributed by atoms with Crippen LogP contribution < -0.4 is 11.1 Å². The van der Waals surface area contributed by atoms with E-state index in [0.29, 0.717) is 29.8 Å². The molecule has 0 aliphatic carbocycles. The standard InChI is InChI=1S/C17H22N2O4/c1-17(2,3)23-16(21)19-8-6-5-7-12-9-13(15(20)22-4)11-14(18)10-12/h9-11H,6,8,18H2,1-4H3,(H,19,21). The fraction of sp³-hybridized carbons (Fsp3) is 0.412. The third kappa shape index (κ3) is 7.23. The van der Waals surface area contributed by atoms with Crippen molar-refractivity contribution in [1.29, 1.82) is 0 Å². The highest BCUT2D eigenvalue weighted by atomic mass is 16.6. The van der Waals surface area contributed by atoms with Gasteiger partial charge in [-0.2, -0.15) is 0 Å². The van der Waals surface area contributed by atoms with Crippen LogP contribution in [-0.4, -0.2) is 31.3 Å². The van der Waals surface area contributed by atoms with Gasteiger partial charge in [-0.05, 0) is 39.0 Å². The van der Waals surface area contributed by atoms with Crippen LogP contribution in [-0.2, 0) is 9.47 Å². The molecule has 6 heteroatoms. The number of nitrogens with one attached hydrogen (secondary N) is 1. The Balaban J connectivity index is 2.55. The molecule has 0 bridgehead atoms. The number of amides is 1. The fourth-order valence-electron chi connectivity index (χ4n) is 1.67. The number of rotatable bonds is 3. The number of anilines is 1. The molecule has 0 saturated carbocycles. The van der Waals surface area contributed by atoms with Crippen molar-refractivity contribution in [1.82, 2.24) is 5.32 Å². The number of carbonyl (C=O) groups excluding carboxylic acids is 2. The molecule has 0 heterocycles. The average molecular weight is 318 g/mol. The molecule has 0 unspecified atom stereocenters. The molecule has 1 aromatic carbocycles. The Bertz CT molecular complexity index is 636. The highest BCUT2D eigenvalue weighted by Crippen LogP contribution is 2.12. The molecule has 1 aromatic rings. The van der Waals surface area contributed by atoms with Crippen LogP contribution in [0.2, 0.25) is 0 Å². The van der Waals surface area contributed by atoms with Crippen molar-refractivity contribution in [3.63, 3.8) is 0 Å². The van der Waals surface area contributed by atoms with E-state index in [1.807, 2.05) is 0 Å². The maximum Gasteiger partial charge on any atom is 0.407 e. The lowest BCUT2D eigenvalue weighted by molar-refractivity contribution is 0.0527. The summed E-state index contributed by atoms with van der Waals surface area (Å²) in [7, 11) is 1.30. The van der Waals surface area contributed by atoms with Gasteiger partial charge in [0, 0.05) is 24.2 Å². The van der Waals surface area contributed by atoms with Crippen molar-refractivity contribution < 1.29 is 19.1 Å². The quantitative estimate of drug-likeness (QED) is 0.386. The zero-order valence-corrected chi connectivity index (χ0v) is 13.9. The molecule has 0 radical (unpaired) electrons. The lowest BCUT2D eigenvalue weighted by atomic mass is 10.1. The van der Waals surface area contributed by atoms with Gasteiger partial charge in [-0.1, -0.05) is 11.8 Å². The second-order valence-corrected chi connectivity index (χ2v) is 5.82. The second-order valence-electron chi connectivity index (χ2n) is 5.82. The van der Waals surface area contributed by atoms with Gasteiger partial charge in [-0.25, -0.2) is 9.59 Å². The number of alkyl carbamates (subject to hydrolysis) is 1. The van der Waals surface area contributed by atoms with Crippen LogP contribution in [0.15, 0.2) is 18.2 Å². The normalized spacial score (nSPS) is 10.3. The van der Waals surface area contributed by atoms with E-state index in [-0.39, 0.29) is 0 Å². The Kier molecular flexibility index (Phi) is 6.46. The molecule has 0 atom stereocenters. The van der Waals surface area contributed by atoms with Gasteiger partial charge in [-0.15, -0.1) is 0 Å². The van der Waals surface area contributed by atoms with E-state index in [4.69, 9.17) is 10.5 Å². The van der Waals surface area contributed by atoms with E-state index in [1.54, 1.807) is 32.9 Å². The molecular formula is C17H22N2O4. The second kappa shape index (κ2) is 8.08. The van der Waals surface area contributed by atoms with Crippen LogP contribution in [0, 0.1) is 11.8 Å². The minimum Gasteiger partial charge on any atom is -0.465 e. The summed E-state index contributed by atoms with van der Waals surface area (Å²) in [5.41, 5.74) is 6.60. The SMILES string of the molecule is COC(=O)c1cc(N)cc(C#CCCNC(=O)OC(C)(C)C)c1. The smallest absolute Gasteiger partial charge is 0.407 e. The van der Waals surface area contributed by atoms with Crippen molar-refractivity contribution >= 4 is 17.7 Å². The van der Waals surface area contributed by atoms with E-state index < -0.39 is 17.7 Å². The van der Waals surface area contributed by atoms with Gasteiger partial charge in [0.25, 0.3) is 0 Å². The molecule has 0 saturated heterocycles. The molecule has 0 spiro atoms. The summed E-state index contributed by atoms with van der Waals surface area (Å²) in [4.78, 5) is 22.9. The predicted molar refractivity (Wildman–Crippen MR) is 87.9 cm³/mol. The number of nitrogen functional groups attached to an aromatic ring is 1. The van der Waals surface area contributed by atoms with Crippen LogP contribution >= 0.6 is 0 Å². The topological polar surface area (TPSA) is 90.6 Å². The van der Waals surface area contributed by atoms with Gasteiger partial charge in [-0.3, -0.25) is 0 Å². The van der Waals surface area contributed by atoms with Crippen molar-refractivity contribution in [2.24, 2.45) is 0 Å². The first-order chi connectivity index (χ1) is 10.7. The van der Waals surface area contributed by atoms with Crippen LogP contribution in [0.3, 0.4) is 0 Å². The minimum absolute atomic E-state index is 0.351. The number of esters is 1. The molecule has 0 aliphatic heterocycles. The number of methoxy groups -OCH3 is 1. The Hall–Kier alpha value is -2.68. The number of carbonyl (C=O) groups is 2. The van der Waals surface area contributed by atoms with Crippen molar-refractivity contribution in [2.45, 2.75) is 32.8 Å². The molecule has 124 valence electrons. The fourth-order valence-corrected chi connectivity index (χ4v) is 1.67. The van der Waals surface area contributed by atoms with Crippen LogP contribution in [0.4, 0.5) is 10.5 Å². The predicted octanol–water partition coefficient (Wildman–Crippen LogP) is 2.32. The van der Waals surface area contributed by atoms with Gasteiger partial charge < -0.3 is 20.5 Å². The summed E-state index contributed by atoms with van der Waals surface area (Å²) in [5, 5.41) is 2.61. The number of nitrogens with two attached hydrogens (primary N) is 1. The molecule has 6 nitrogen and oxygen atoms in total. The molecule has 1 amide bonds. The van der Waals surface area contributed by atoms with Crippen LogP contribution in [0.1, 0.15) is 43.1 Å². The highest BCUT2D eigenvalue weighted by molar-refractivity contribution is 5.90. The number of hydrogen-bond acceptors (Lipinski definition) is 5. The Morgan fingerprint density at radius 1 is 1.26 bits per heavy atom. The van der Waals surface area contributed by atoms with E-state index in [0.717, 1.165) is 0 Å². The number of hydrogen-bond donors (Lipinski definition) is 2. The number of ether oxygens (including phenoxy) is 2. The zero-order valence-electron chi connectivity index (χ0n) is 13.9. The van der Waals surface area contributed by atoms with Crippen molar-refractivity contribution in [2.75, 3.05) is 19.4 Å². The van der Waals surface area contributed by atoms with Crippen molar-refractivity contribution in [3.8, 4) is 11.8 Å². The Morgan fingerprint density at radius 2 is 1.96 bits per heavy atom. The zero-order chi connectivity index (χ0) is 17.5. The van der Waals surface area contributed by atoms with Crippen LogP contribution in [0.5, 0.6) is 0 Å². The average Bonchev–Trinajstić information content (AvgIpc) is 2.43. The van der Waals surface area contributed by atoms with Crippen molar-refractivity contribution in [3.05, 3.63) is 29.3 Å². The molecule has 1 rings (SSSR count). The lowest BCUT2D eigenvalue weighted by Gasteiger charge is -2.19. The van der Waals surface area contributed by atoms with E-state index >= 15 is 0 Å². The highest BCUT2D eigenvalue weighted by Gasteiger charge is 2.15. The Morgan fingerprint density at radius 3 is 2.57 bits per heavy atom. The van der Waals surface area contributed by atoms with Crippen LogP contribution in [0.25, 0.3) is 0 Å². The first-order valence-corrected chi connectivity index (χ1v) is 7.16. The van der Waals surface area contributed by atoms with E-state index in [9.17, 15) is 9.59 Å². The molecular weight excluding hydrogens is 296 g/mol. The summed E-state index contributed by atoms with van der Waals surface area (Å²) >= 11 is 0. The molecule has 0 aromatic heterocycles. The molecule has 23 heavy (non-hydrogen) atoms. The summed E-state index contributed by atoms with van der Waals surface area (Å²) in [6.07, 6.45) is -0.0297. The molecule has 3 N–H and O–H groups in total. The monoisotopic (exact) mass is 318 g/mol. The summed E-state index contributed by atoms with van der Waals surface area (Å²) in [6, 6.07) is 4.80. The summed E-state index contributed by atoms with van der Waals surface area (Å²) in [6.45, 7) is 5.76. The number of benzene rings is 1. The maximum absolute atomic E-state index is 11.5. The third-order valence-electron chi connectivity index (χ3n) is 2.53. The first-order valence-electron chi connectivity index (χ1n) is 7.16. The van der Waals surface area contributed by atoms with Gasteiger partial charge in [0.2, 0.25) is 0 Å². The molecule has 0 fully saturated rings. The summed E-state index contributed by atoms with van der Waals surface area (Å²) < 4.78 is 9.76. The Labute approximate surface area is 136 Å². The van der Waals surface area contributed by atoms with Gasteiger partial charge in [0.15, 0.2) is 0 Å². The van der Waals surface area contributed by atoms with Gasteiger partial charge >= 0.3 is 12.1 Å². The van der Waals surface area contributed by atoms with Gasteiger partial charge in [0.05, 0.1) is 12.7 Å². The minimum atomic E-state index is -0.526. The summed E-state index contributed by atoms with van der Waals surface area (Å²) in [5.74, 6) is 5.33. The van der Waals surface area contributed by atoms with Gasteiger partial charge in [0.1, 0.15) is 5.60 Å². The van der Waals surface area contributed by atoms with E-state index in [1.165, 1.54) is 13.2 Å². The largest absolute Gasteiger partial charge is 0.465 e.